The van der Waals surface area contributed by atoms with Crippen LogP contribution in [-0.4, -0.2) is 50.8 Å². The summed E-state index contributed by atoms with van der Waals surface area (Å²) in [5, 5.41) is 0. The average molecular weight is 266 g/mol. The van der Waals surface area contributed by atoms with Gasteiger partial charge in [-0.15, -0.1) is 0 Å². The maximum absolute atomic E-state index is 11.9. The zero-order chi connectivity index (χ0) is 14.3. The molecule has 0 spiro atoms. The number of carbonyl (C=O) groups is 1. The normalized spacial score (nSPS) is 12.0. The number of hydrogen-bond acceptors (Lipinski definition) is 4. The number of likely N-dealkylation sites (N-methyl/N-ethyl adjacent to an activating group) is 1. The molecule has 0 aliphatic carbocycles. The number of nitrogens with zero attached hydrogens (tertiary/aromatic N) is 1. The minimum absolute atomic E-state index is 0.127. The smallest absolute Gasteiger partial charge is 0.252 e. The Morgan fingerprint density at radius 3 is 2.79 bits per heavy atom. The van der Waals surface area contributed by atoms with Gasteiger partial charge >= 0.3 is 0 Å². The lowest BCUT2D eigenvalue weighted by Crippen LogP contribution is -2.43. The van der Waals surface area contributed by atoms with Gasteiger partial charge in [-0.2, -0.15) is 0 Å². The Bertz CT molecular complexity index is 405. The van der Waals surface area contributed by atoms with Crippen molar-refractivity contribution in [3.63, 3.8) is 0 Å². The predicted molar refractivity (Wildman–Crippen MR) is 74.2 cm³/mol. The van der Waals surface area contributed by atoms with Crippen LogP contribution in [0.25, 0.3) is 0 Å². The minimum atomic E-state index is -0.580. The lowest BCUT2D eigenvalue weighted by Gasteiger charge is -2.22. The fourth-order valence-electron chi connectivity index (χ4n) is 1.66. The second-order valence-corrected chi connectivity index (χ2v) is 4.38. The summed E-state index contributed by atoms with van der Waals surface area (Å²) in [6.07, 6.45) is -0.580. The third-order valence-electron chi connectivity index (χ3n) is 2.84. The highest BCUT2D eigenvalue weighted by Crippen LogP contribution is 2.12. The van der Waals surface area contributed by atoms with Gasteiger partial charge in [0.1, 0.15) is 18.5 Å². The van der Waals surface area contributed by atoms with E-state index in [4.69, 9.17) is 15.2 Å². The standard InChI is InChI=1S/C14H22N2O3/c1-11-5-4-6-12(9-11)19-8-7-16(2)14(17)13(10-15)18-3/h4-6,9,13H,7-8,10,15H2,1-3H3. The van der Waals surface area contributed by atoms with E-state index in [1.165, 1.54) is 7.11 Å². The third-order valence-corrected chi connectivity index (χ3v) is 2.84. The fourth-order valence-corrected chi connectivity index (χ4v) is 1.66. The summed E-state index contributed by atoms with van der Waals surface area (Å²) in [5.74, 6) is 0.681. The summed E-state index contributed by atoms with van der Waals surface area (Å²) in [7, 11) is 3.19. The van der Waals surface area contributed by atoms with Crippen molar-refractivity contribution in [2.75, 3.05) is 33.9 Å². The monoisotopic (exact) mass is 266 g/mol. The topological polar surface area (TPSA) is 64.8 Å². The first-order valence-electron chi connectivity index (χ1n) is 6.25. The van der Waals surface area contributed by atoms with Crippen molar-refractivity contribution < 1.29 is 14.3 Å². The van der Waals surface area contributed by atoms with Crippen LogP contribution in [0.2, 0.25) is 0 Å². The minimum Gasteiger partial charge on any atom is -0.492 e. The van der Waals surface area contributed by atoms with Gasteiger partial charge in [-0.3, -0.25) is 4.79 Å². The first-order valence-corrected chi connectivity index (χ1v) is 6.25. The molecule has 19 heavy (non-hydrogen) atoms. The highest BCUT2D eigenvalue weighted by Gasteiger charge is 2.19. The predicted octanol–water partition coefficient (Wildman–Crippen LogP) is 0.806. The van der Waals surface area contributed by atoms with E-state index in [2.05, 4.69) is 0 Å². The van der Waals surface area contributed by atoms with Gasteiger partial charge < -0.3 is 20.1 Å². The van der Waals surface area contributed by atoms with Gasteiger partial charge in [0.2, 0.25) is 0 Å². The first kappa shape index (κ1) is 15.5. The molecule has 1 amide bonds. The van der Waals surface area contributed by atoms with Crippen molar-refractivity contribution >= 4 is 5.91 Å². The van der Waals surface area contributed by atoms with E-state index in [9.17, 15) is 4.79 Å². The van der Waals surface area contributed by atoms with E-state index in [1.807, 2.05) is 31.2 Å². The molecule has 5 heteroatoms. The highest BCUT2D eigenvalue weighted by atomic mass is 16.5. The molecule has 0 aromatic heterocycles. The molecule has 0 aliphatic rings. The van der Waals surface area contributed by atoms with Gasteiger partial charge in [0, 0.05) is 20.7 Å². The Hall–Kier alpha value is -1.59. The molecule has 1 aromatic rings. The van der Waals surface area contributed by atoms with Gasteiger partial charge in [0.25, 0.3) is 5.91 Å². The van der Waals surface area contributed by atoms with E-state index in [0.29, 0.717) is 13.2 Å². The van der Waals surface area contributed by atoms with Crippen LogP contribution in [0.15, 0.2) is 24.3 Å². The summed E-state index contributed by atoms with van der Waals surface area (Å²) < 4.78 is 10.6. The molecule has 0 radical (unpaired) electrons. The maximum Gasteiger partial charge on any atom is 0.252 e. The molecule has 1 atom stereocenters. The number of aryl methyl sites for hydroxylation is 1. The molecule has 0 heterocycles. The van der Waals surface area contributed by atoms with E-state index in [1.54, 1.807) is 11.9 Å². The molecule has 5 nitrogen and oxygen atoms in total. The van der Waals surface area contributed by atoms with Crippen LogP contribution in [0.3, 0.4) is 0 Å². The summed E-state index contributed by atoms with van der Waals surface area (Å²) >= 11 is 0. The highest BCUT2D eigenvalue weighted by molar-refractivity contribution is 5.80. The van der Waals surface area contributed by atoms with Gasteiger partial charge in [0.15, 0.2) is 0 Å². The molecule has 1 aromatic carbocycles. The first-order chi connectivity index (χ1) is 9.08. The molecule has 1 unspecified atom stereocenters. The number of amides is 1. The summed E-state index contributed by atoms with van der Waals surface area (Å²) in [5.41, 5.74) is 6.60. The molecule has 1 rings (SSSR count). The van der Waals surface area contributed by atoms with Crippen LogP contribution in [-0.2, 0) is 9.53 Å². The third kappa shape index (κ3) is 4.89. The molecule has 0 aliphatic heterocycles. The second-order valence-electron chi connectivity index (χ2n) is 4.38. The van der Waals surface area contributed by atoms with E-state index in [0.717, 1.165) is 11.3 Å². The fraction of sp³-hybridized carbons (Fsp3) is 0.500. The van der Waals surface area contributed by atoms with Crippen LogP contribution in [0.4, 0.5) is 0 Å². The van der Waals surface area contributed by atoms with Crippen LogP contribution in [0.5, 0.6) is 5.75 Å². The van der Waals surface area contributed by atoms with Crippen LogP contribution < -0.4 is 10.5 Å². The Morgan fingerprint density at radius 2 is 2.21 bits per heavy atom. The Labute approximate surface area is 114 Å². The van der Waals surface area contributed by atoms with Crippen molar-refractivity contribution in [1.29, 1.82) is 0 Å². The van der Waals surface area contributed by atoms with Crippen LogP contribution in [0, 0.1) is 6.92 Å². The number of benzene rings is 1. The van der Waals surface area contributed by atoms with Gasteiger partial charge in [-0.05, 0) is 24.6 Å². The van der Waals surface area contributed by atoms with Gasteiger partial charge in [-0.1, -0.05) is 12.1 Å². The van der Waals surface area contributed by atoms with Crippen molar-refractivity contribution in [3.8, 4) is 5.75 Å². The molecule has 0 bridgehead atoms. The number of methoxy groups -OCH3 is 1. The molecule has 0 saturated heterocycles. The number of nitrogens with two attached hydrogens (primary N) is 1. The van der Waals surface area contributed by atoms with Crippen LogP contribution >= 0.6 is 0 Å². The number of rotatable bonds is 7. The largest absolute Gasteiger partial charge is 0.492 e. The molecule has 0 fully saturated rings. The van der Waals surface area contributed by atoms with Crippen LogP contribution in [0.1, 0.15) is 5.56 Å². The Kier molecular flexibility index (Phi) is 6.32. The Balaban J connectivity index is 2.38. The molecular weight excluding hydrogens is 244 g/mol. The SMILES string of the molecule is COC(CN)C(=O)N(C)CCOc1cccc(C)c1. The van der Waals surface area contributed by atoms with Crippen molar-refractivity contribution in [2.45, 2.75) is 13.0 Å². The summed E-state index contributed by atoms with van der Waals surface area (Å²) in [4.78, 5) is 13.4. The molecular formula is C14H22N2O3. The average Bonchev–Trinajstić information content (AvgIpc) is 2.40. The second kappa shape index (κ2) is 7.76. The van der Waals surface area contributed by atoms with Gasteiger partial charge in [0.05, 0.1) is 6.54 Å². The quantitative estimate of drug-likeness (QED) is 0.793. The zero-order valence-corrected chi connectivity index (χ0v) is 11.8. The lowest BCUT2D eigenvalue weighted by molar-refractivity contribution is -0.140. The van der Waals surface area contributed by atoms with E-state index < -0.39 is 6.10 Å². The van der Waals surface area contributed by atoms with Crippen molar-refractivity contribution in [3.05, 3.63) is 29.8 Å². The van der Waals surface area contributed by atoms with E-state index in [-0.39, 0.29) is 12.5 Å². The van der Waals surface area contributed by atoms with Crippen molar-refractivity contribution in [2.24, 2.45) is 5.73 Å². The summed E-state index contributed by atoms with van der Waals surface area (Å²) in [6.45, 7) is 3.12. The molecule has 2 N–H and O–H groups in total. The molecule has 106 valence electrons. The van der Waals surface area contributed by atoms with E-state index >= 15 is 0 Å². The number of ether oxygens (including phenoxy) is 2. The molecule has 0 saturated carbocycles. The summed E-state index contributed by atoms with van der Waals surface area (Å²) in [6, 6.07) is 7.80. The van der Waals surface area contributed by atoms with Gasteiger partial charge in [-0.25, -0.2) is 0 Å². The number of hydrogen-bond donors (Lipinski definition) is 1. The zero-order valence-electron chi connectivity index (χ0n) is 11.8. The number of carbonyl (C=O) groups excluding carboxylic acids is 1. The lowest BCUT2D eigenvalue weighted by atomic mass is 10.2. The Morgan fingerprint density at radius 1 is 1.47 bits per heavy atom. The maximum atomic E-state index is 11.9. The van der Waals surface area contributed by atoms with Crippen molar-refractivity contribution in [1.82, 2.24) is 4.90 Å².